The Bertz CT molecular complexity index is 1380. The van der Waals surface area contributed by atoms with Crippen molar-refractivity contribution in [2.75, 3.05) is 17.1 Å². The molecule has 1 N–H and O–H groups in total. The predicted molar refractivity (Wildman–Crippen MR) is 152 cm³/mol. The highest BCUT2D eigenvalue weighted by Gasteiger charge is 2.33. The highest BCUT2D eigenvalue weighted by atomic mass is 32.2. The van der Waals surface area contributed by atoms with Gasteiger partial charge in [0.2, 0.25) is 21.8 Å². The van der Waals surface area contributed by atoms with Gasteiger partial charge in [-0.2, -0.15) is 0 Å². The number of amides is 2. The molecule has 2 atom stereocenters. The molecule has 9 heteroatoms. The molecule has 0 aromatic heterocycles. The van der Waals surface area contributed by atoms with E-state index in [0.29, 0.717) is 6.42 Å². The van der Waals surface area contributed by atoms with E-state index >= 15 is 0 Å². The molecule has 2 amide bonds. The fraction of sp³-hybridized carbons (Fsp3) is 0.333. The fourth-order valence-corrected chi connectivity index (χ4v) is 5.05. The first kappa shape index (κ1) is 29.8. The Balaban J connectivity index is 2.07. The van der Waals surface area contributed by atoms with Crippen molar-refractivity contribution in [3.8, 4) is 0 Å². The van der Waals surface area contributed by atoms with Crippen LogP contribution in [-0.2, 0) is 32.6 Å². The maximum atomic E-state index is 14.0. The number of hydrogen-bond acceptors (Lipinski definition) is 4. The lowest BCUT2D eigenvalue weighted by Gasteiger charge is -2.34. The summed E-state index contributed by atoms with van der Waals surface area (Å²) in [5.74, 6) is -1.53. The monoisotopic (exact) mass is 553 g/mol. The van der Waals surface area contributed by atoms with Gasteiger partial charge in [0.25, 0.3) is 0 Å². The Morgan fingerprint density at radius 1 is 0.974 bits per heavy atom. The first-order valence-electron chi connectivity index (χ1n) is 12.9. The lowest BCUT2D eigenvalue weighted by molar-refractivity contribution is -0.140. The number of hydrogen-bond donors (Lipinski definition) is 1. The molecule has 0 bridgehead atoms. The minimum Gasteiger partial charge on any atom is -0.352 e. The van der Waals surface area contributed by atoms with E-state index in [1.807, 2.05) is 75.4 Å². The normalized spacial score (nSPS) is 12.8. The highest BCUT2D eigenvalue weighted by molar-refractivity contribution is 7.92. The summed E-state index contributed by atoms with van der Waals surface area (Å²) in [5.41, 5.74) is 2.65. The van der Waals surface area contributed by atoms with Crippen LogP contribution in [0.5, 0.6) is 0 Å². The molecule has 3 aromatic rings. The Morgan fingerprint density at radius 3 is 2.26 bits per heavy atom. The summed E-state index contributed by atoms with van der Waals surface area (Å²) in [6, 6.07) is 20.9. The number of carbonyl (C=O) groups excluding carboxylic acids is 2. The molecule has 208 valence electrons. The molecule has 0 unspecified atom stereocenters. The smallest absolute Gasteiger partial charge is 0.244 e. The van der Waals surface area contributed by atoms with Crippen LogP contribution in [0, 0.1) is 12.7 Å². The van der Waals surface area contributed by atoms with Crippen LogP contribution in [0.2, 0.25) is 0 Å². The van der Waals surface area contributed by atoms with Crippen molar-refractivity contribution >= 4 is 27.5 Å². The van der Waals surface area contributed by atoms with Crippen molar-refractivity contribution in [2.24, 2.45) is 0 Å². The van der Waals surface area contributed by atoms with E-state index in [9.17, 15) is 22.4 Å². The van der Waals surface area contributed by atoms with Crippen LogP contribution >= 0.6 is 0 Å². The SMILES string of the molecule is CC[C@H](C)NC(=O)[C@@H](Cc1ccccc1)N(Cc1ccccc1C)C(=O)CN(c1cccc(F)c1)S(C)(=O)=O. The van der Waals surface area contributed by atoms with Gasteiger partial charge in [-0.1, -0.05) is 67.6 Å². The van der Waals surface area contributed by atoms with Crippen molar-refractivity contribution in [1.29, 1.82) is 0 Å². The second-order valence-electron chi connectivity index (χ2n) is 9.72. The van der Waals surface area contributed by atoms with Crippen molar-refractivity contribution in [2.45, 2.75) is 52.2 Å². The summed E-state index contributed by atoms with van der Waals surface area (Å²) in [5, 5.41) is 2.99. The van der Waals surface area contributed by atoms with Gasteiger partial charge < -0.3 is 10.2 Å². The second-order valence-corrected chi connectivity index (χ2v) is 11.6. The van der Waals surface area contributed by atoms with E-state index in [1.54, 1.807) is 0 Å². The van der Waals surface area contributed by atoms with Gasteiger partial charge in [-0.25, -0.2) is 12.8 Å². The Morgan fingerprint density at radius 2 is 1.64 bits per heavy atom. The van der Waals surface area contributed by atoms with E-state index in [1.165, 1.54) is 23.1 Å². The second kappa shape index (κ2) is 13.4. The van der Waals surface area contributed by atoms with E-state index in [4.69, 9.17) is 0 Å². The molecule has 0 radical (unpaired) electrons. The third-order valence-electron chi connectivity index (χ3n) is 6.65. The average Bonchev–Trinajstić information content (AvgIpc) is 2.89. The largest absolute Gasteiger partial charge is 0.352 e. The third kappa shape index (κ3) is 8.38. The van der Waals surface area contributed by atoms with E-state index in [-0.39, 0.29) is 30.6 Å². The van der Waals surface area contributed by atoms with Crippen LogP contribution in [0.1, 0.15) is 37.0 Å². The molecule has 3 rings (SSSR count). The molecule has 0 aliphatic heterocycles. The molecular formula is C30H36FN3O4S. The van der Waals surface area contributed by atoms with E-state index in [0.717, 1.165) is 33.3 Å². The van der Waals surface area contributed by atoms with Crippen LogP contribution in [0.4, 0.5) is 10.1 Å². The van der Waals surface area contributed by atoms with Gasteiger partial charge in [-0.15, -0.1) is 0 Å². The number of rotatable bonds is 12. The van der Waals surface area contributed by atoms with Gasteiger partial charge in [-0.05, 0) is 55.2 Å². The number of nitrogens with zero attached hydrogens (tertiary/aromatic N) is 2. The number of aryl methyl sites for hydroxylation is 1. The Labute approximate surface area is 230 Å². The summed E-state index contributed by atoms with van der Waals surface area (Å²) >= 11 is 0. The van der Waals surface area contributed by atoms with Gasteiger partial charge in [0.05, 0.1) is 11.9 Å². The predicted octanol–water partition coefficient (Wildman–Crippen LogP) is 4.45. The topological polar surface area (TPSA) is 86.8 Å². The van der Waals surface area contributed by atoms with E-state index in [2.05, 4.69) is 5.32 Å². The molecule has 0 heterocycles. The van der Waals surface area contributed by atoms with E-state index < -0.39 is 34.3 Å². The number of nitrogens with one attached hydrogen (secondary N) is 1. The zero-order chi connectivity index (χ0) is 28.6. The number of carbonyl (C=O) groups is 2. The molecule has 0 aliphatic carbocycles. The molecule has 0 saturated carbocycles. The Kier molecular flexibility index (Phi) is 10.2. The number of anilines is 1. The zero-order valence-electron chi connectivity index (χ0n) is 22.8. The summed E-state index contributed by atoms with van der Waals surface area (Å²) in [4.78, 5) is 29.1. The van der Waals surface area contributed by atoms with Gasteiger partial charge >= 0.3 is 0 Å². The lowest BCUT2D eigenvalue weighted by Crippen LogP contribution is -2.54. The van der Waals surface area contributed by atoms with Crippen LogP contribution in [-0.4, -0.2) is 50.0 Å². The van der Waals surface area contributed by atoms with Crippen molar-refractivity contribution in [3.05, 3.63) is 101 Å². The summed E-state index contributed by atoms with van der Waals surface area (Å²) < 4.78 is 40.4. The lowest BCUT2D eigenvalue weighted by atomic mass is 10.0. The quantitative estimate of drug-likeness (QED) is 0.359. The molecule has 0 saturated heterocycles. The zero-order valence-corrected chi connectivity index (χ0v) is 23.6. The molecule has 39 heavy (non-hydrogen) atoms. The van der Waals surface area contributed by atoms with Crippen LogP contribution < -0.4 is 9.62 Å². The van der Waals surface area contributed by atoms with Crippen LogP contribution in [0.3, 0.4) is 0 Å². The first-order valence-corrected chi connectivity index (χ1v) is 14.8. The number of halogens is 1. The Hall–Kier alpha value is -3.72. The maximum Gasteiger partial charge on any atom is 0.244 e. The van der Waals surface area contributed by atoms with Gasteiger partial charge in [0, 0.05) is 19.0 Å². The molecule has 0 spiro atoms. The molecule has 7 nitrogen and oxygen atoms in total. The average molecular weight is 554 g/mol. The number of sulfonamides is 1. The third-order valence-corrected chi connectivity index (χ3v) is 7.79. The standard InChI is InChI=1S/C30H36FN3O4S/c1-5-23(3)32-30(36)28(18-24-13-7-6-8-14-24)33(20-25-15-10-9-12-22(25)2)29(35)21-34(39(4,37)38)27-17-11-16-26(31)19-27/h6-17,19,23,28H,5,18,20-21H2,1-4H3,(H,32,36)/t23-,28+/m0/s1. The highest BCUT2D eigenvalue weighted by Crippen LogP contribution is 2.22. The minimum atomic E-state index is -3.95. The van der Waals surface area contributed by atoms with Gasteiger partial charge in [-0.3, -0.25) is 13.9 Å². The van der Waals surface area contributed by atoms with Crippen molar-refractivity contribution in [3.63, 3.8) is 0 Å². The summed E-state index contributed by atoms with van der Waals surface area (Å²) in [6.07, 6.45) is 1.91. The molecular weight excluding hydrogens is 517 g/mol. The number of benzene rings is 3. The molecule has 0 aliphatic rings. The summed E-state index contributed by atoms with van der Waals surface area (Å²) in [6.45, 7) is 5.27. The molecule has 0 fully saturated rings. The van der Waals surface area contributed by atoms with Crippen LogP contribution in [0.15, 0.2) is 78.9 Å². The van der Waals surface area contributed by atoms with Crippen molar-refractivity contribution < 1.29 is 22.4 Å². The van der Waals surface area contributed by atoms with Crippen molar-refractivity contribution in [1.82, 2.24) is 10.2 Å². The van der Waals surface area contributed by atoms with Gasteiger partial charge in [0.15, 0.2) is 0 Å². The summed E-state index contributed by atoms with van der Waals surface area (Å²) in [7, 11) is -3.95. The molecule has 3 aromatic carbocycles. The van der Waals surface area contributed by atoms with Gasteiger partial charge in [0.1, 0.15) is 18.4 Å². The first-order chi connectivity index (χ1) is 18.5. The fourth-order valence-electron chi connectivity index (χ4n) is 4.21. The maximum absolute atomic E-state index is 14.0. The minimum absolute atomic E-state index is 0.0327. The van der Waals surface area contributed by atoms with Crippen LogP contribution in [0.25, 0.3) is 0 Å².